The number of carbonyl (C=O) groups excluding carboxylic acids is 2. The highest BCUT2D eigenvalue weighted by Gasteiger charge is 2.49. The molecule has 1 unspecified atom stereocenters. The Labute approximate surface area is 126 Å². The number of unbranched alkanes of at least 4 members (excludes halogenated alkanes) is 2. The summed E-state index contributed by atoms with van der Waals surface area (Å²) in [6.07, 6.45) is 2.07. The molecule has 0 bridgehead atoms. The fraction of sp³-hybridized carbons (Fsp3) is 0.818. The first kappa shape index (κ1) is 18.1. The second kappa shape index (κ2) is 7.32. The van der Waals surface area contributed by atoms with Crippen LogP contribution in [0.3, 0.4) is 0 Å². The number of hydrogen-bond donors (Lipinski definition) is 0. The van der Waals surface area contributed by atoms with Gasteiger partial charge in [-0.05, 0) is 23.9 Å². The van der Waals surface area contributed by atoms with Gasteiger partial charge in [-0.1, -0.05) is 26.7 Å². The van der Waals surface area contributed by atoms with E-state index in [4.69, 9.17) is 0 Å². The van der Waals surface area contributed by atoms with E-state index in [-0.39, 0.29) is 13.1 Å². The predicted molar refractivity (Wildman–Crippen MR) is 74.9 cm³/mol. The van der Waals surface area contributed by atoms with Crippen LogP contribution in [0.2, 0.25) is 0 Å². The Morgan fingerprint density at radius 1 is 1.05 bits per heavy atom. The van der Waals surface area contributed by atoms with Gasteiger partial charge >= 0.3 is 10.2 Å². The Balaban J connectivity index is 3.21. The third kappa shape index (κ3) is 3.61. The van der Waals surface area contributed by atoms with Crippen molar-refractivity contribution in [3.8, 4) is 0 Å². The van der Waals surface area contributed by atoms with Crippen molar-refractivity contribution in [1.29, 1.82) is 0 Å². The molecule has 122 valence electrons. The number of carbonyl (C=O) groups is 2. The van der Waals surface area contributed by atoms with Crippen molar-refractivity contribution in [1.82, 2.24) is 8.61 Å². The standard InChI is InChI=1S/C11H20N2O6S2/c1-3-5-7-12-10(14)9(20(16)17)11(15)13(8-6-4-2)21(12,18)19/h9H,3-8H2,1-2H3,(H,16,17)/p-1. The molecule has 21 heavy (non-hydrogen) atoms. The fourth-order valence-electron chi connectivity index (χ4n) is 1.93. The van der Waals surface area contributed by atoms with Crippen molar-refractivity contribution in [2.24, 2.45) is 0 Å². The number of nitrogens with zero attached hydrogens (tertiary/aromatic N) is 2. The molecule has 8 nitrogen and oxygen atoms in total. The van der Waals surface area contributed by atoms with Crippen molar-refractivity contribution in [2.75, 3.05) is 13.1 Å². The smallest absolute Gasteiger partial charge is 0.330 e. The Kier molecular flexibility index (Phi) is 6.29. The van der Waals surface area contributed by atoms with Gasteiger partial charge in [0.1, 0.15) is 0 Å². The van der Waals surface area contributed by atoms with Crippen LogP contribution in [0.25, 0.3) is 0 Å². The zero-order chi connectivity index (χ0) is 16.2. The zero-order valence-corrected chi connectivity index (χ0v) is 13.6. The first-order valence-electron chi connectivity index (χ1n) is 6.75. The summed E-state index contributed by atoms with van der Waals surface area (Å²) < 4.78 is 47.9. The van der Waals surface area contributed by atoms with E-state index in [1.807, 2.05) is 13.8 Å². The van der Waals surface area contributed by atoms with Gasteiger partial charge in [0.05, 0.1) is 0 Å². The van der Waals surface area contributed by atoms with Gasteiger partial charge in [0.2, 0.25) is 0 Å². The van der Waals surface area contributed by atoms with Gasteiger partial charge in [0.25, 0.3) is 11.8 Å². The molecule has 0 radical (unpaired) electrons. The predicted octanol–water partition coefficient (Wildman–Crippen LogP) is -0.250. The highest BCUT2D eigenvalue weighted by Crippen LogP contribution is 2.22. The fourth-order valence-corrected chi connectivity index (χ4v) is 4.27. The average Bonchev–Trinajstić information content (AvgIpc) is 2.37. The quantitative estimate of drug-likeness (QED) is 0.466. The first-order valence-corrected chi connectivity index (χ1v) is 9.28. The number of amides is 2. The Morgan fingerprint density at radius 3 is 1.71 bits per heavy atom. The molecular weight excluding hydrogens is 320 g/mol. The molecule has 1 atom stereocenters. The molecule has 0 aromatic carbocycles. The van der Waals surface area contributed by atoms with Crippen molar-refractivity contribution in [3.05, 3.63) is 0 Å². The summed E-state index contributed by atoms with van der Waals surface area (Å²) in [6, 6.07) is 0. The normalized spacial score (nSPS) is 20.9. The lowest BCUT2D eigenvalue weighted by Gasteiger charge is -2.38. The molecule has 10 heteroatoms. The van der Waals surface area contributed by atoms with Crippen LogP contribution < -0.4 is 0 Å². The highest BCUT2D eigenvalue weighted by atomic mass is 32.2. The van der Waals surface area contributed by atoms with Gasteiger partial charge < -0.3 is 4.55 Å². The van der Waals surface area contributed by atoms with Crippen LogP contribution in [0.5, 0.6) is 0 Å². The molecule has 1 rings (SSSR count). The van der Waals surface area contributed by atoms with Crippen molar-refractivity contribution in [3.63, 3.8) is 0 Å². The minimum Gasteiger partial charge on any atom is -0.771 e. The first-order chi connectivity index (χ1) is 9.78. The zero-order valence-electron chi connectivity index (χ0n) is 12.0. The van der Waals surface area contributed by atoms with E-state index in [0.29, 0.717) is 34.3 Å². The molecule has 0 N–H and O–H groups in total. The van der Waals surface area contributed by atoms with E-state index in [0.717, 1.165) is 0 Å². The van der Waals surface area contributed by atoms with E-state index < -0.39 is 38.4 Å². The number of rotatable bonds is 7. The van der Waals surface area contributed by atoms with Gasteiger partial charge in [0.15, 0.2) is 5.25 Å². The van der Waals surface area contributed by atoms with Crippen LogP contribution in [0.15, 0.2) is 0 Å². The maximum Gasteiger partial charge on any atom is 0.330 e. The van der Waals surface area contributed by atoms with E-state index >= 15 is 0 Å². The van der Waals surface area contributed by atoms with E-state index in [1.54, 1.807) is 0 Å². The maximum absolute atomic E-state index is 12.3. The maximum atomic E-state index is 12.3. The largest absolute Gasteiger partial charge is 0.771 e. The molecule has 0 spiro atoms. The molecule has 0 aliphatic carbocycles. The summed E-state index contributed by atoms with van der Waals surface area (Å²) in [5.74, 6) is -2.37. The van der Waals surface area contributed by atoms with Crippen molar-refractivity contribution >= 4 is 33.1 Å². The van der Waals surface area contributed by atoms with Crippen LogP contribution in [-0.2, 0) is 30.9 Å². The van der Waals surface area contributed by atoms with Gasteiger partial charge in [-0.2, -0.15) is 8.42 Å². The van der Waals surface area contributed by atoms with Gasteiger partial charge in [0, 0.05) is 13.1 Å². The van der Waals surface area contributed by atoms with Crippen LogP contribution in [0.1, 0.15) is 39.5 Å². The molecule has 0 aromatic rings. The summed E-state index contributed by atoms with van der Waals surface area (Å²) in [4.78, 5) is 24.0. The molecule has 2 amide bonds. The Hall–Kier alpha value is -1.00. The van der Waals surface area contributed by atoms with Gasteiger partial charge in [-0.15, -0.1) is 0 Å². The Morgan fingerprint density at radius 2 is 1.43 bits per heavy atom. The van der Waals surface area contributed by atoms with Gasteiger partial charge in [-0.3, -0.25) is 13.8 Å². The molecule has 1 fully saturated rings. The molecule has 0 aromatic heterocycles. The second-order valence-electron chi connectivity index (χ2n) is 4.68. The van der Waals surface area contributed by atoms with E-state index in [1.165, 1.54) is 0 Å². The van der Waals surface area contributed by atoms with E-state index in [9.17, 15) is 26.8 Å². The van der Waals surface area contributed by atoms with Crippen molar-refractivity contribution < 1.29 is 26.8 Å². The summed E-state index contributed by atoms with van der Waals surface area (Å²) in [5.41, 5.74) is 0. The van der Waals surface area contributed by atoms with Crippen LogP contribution in [0, 0.1) is 0 Å². The minimum absolute atomic E-state index is 0.124. The molecule has 1 aliphatic heterocycles. The monoisotopic (exact) mass is 339 g/mol. The SMILES string of the molecule is CCCCN1C(=O)C(S(=O)[O-])C(=O)N(CCCC)S1(=O)=O. The third-order valence-corrected chi connectivity index (χ3v) is 5.75. The molecule has 0 saturated carbocycles. The average molecular weight is 339 g/mol. The van der Waals surface area contributed by atoms with Crippen LogP contribution in [-0.4, -0.2) is 55.9 Å². The molecular formula is C11H19N2O6S2-. The van der Waals surface area contributed by atoms with Crippen LogP contribution in [0.4, 0.5) is 0 Å². The molecule has 1 heterocycles. The van der Waals surface area contributed by atoms with Crippen molar-refractivity contribution in [2.45, 2.75) is 44.8 Å². The summed E-state index contributed by atoms with van der Waals surface area (Å²) in [6.45, 7) is 3.37. The third-order valence-electron chi connectivity index (χ3n) is 3.12. The summed E-state index contributed by atoms with van der Waals surface area (Å²) >= 11 is -2.99. The highest BCUT2D eigenvalue weighted by molar-refractivity contribution is 7.89. The minimum atomic E-state index is -4.28. The van der Waals surface area contributed by atoms with Gasteiger partial charge in [-0.25, -0.2) is 8.61 Å². The Bertz CT molecular complexity index is 499. The summed E-state index contributed by atoms with van der Waals surface area (Å²) in [5, 5.41) is -1.97. The topological polar surface area (TPSA) is 115 Å². The lowest BCUT2D eigenvalue weighted by atomic mass is 10.3. The summed E-state index contributed by atoms with van der Waals surface area (Å²) in [7, 11) is -4.28. The lowest BCUT2D eigenvalue weighted by molar-refractivity contribution is -0.137. The lowest BCUT2D eigenvalue weighted by Crippen LogP contribution is -2.63. The second-order valence-corrected chi connectivity index (χ2v) is 7.45. The van der Waals surface area contributed by atoms with E-state index in [2.05, 4.69) is 0 Å². The molecule has 1 aliphatic rings. The molecule has 1 saturated heterocycles. The van der Waals surface area contributed by atoms with Crippen LogP contribution >= 0.6 is 0 Å². The number of hydrogen-bond acceptors (Lipinski definition) is 6.